The van der Waals surface area contributed by atoms with Gasteiger partial charge in [-0.15, -0.1) is 0 Å². The van der Waals surface area contributed by atoms with Crippen molar-refractivity contribution in [3.63, 3.8) is 0 Å². The average Bonchev–Trinajstić information content (AvgIpc) is 2.84. The first kappa shape index (κ1) is 25.5. The molecule has 0 radical (unpaired) electrons. The van der Waals surface area contributed by atoms with Gasteiger partial charge in [0.1, 0.15) is 0 Å². The Kier molecular flexibility index (Phi) is 8.34. The summed E-state index contributed by atoms with van der Waals surface area (Å²) in [6, 6.07) is 14.4. The van der Waals surface area contributed by atoms with E-state index in [0.29, 0.717) is 33.4 Å². The number of rotatable bonds is 7. The Morgan fingerprint density at radius 3 is 2.31 bits per heavy atom. The van der Waals surface area contributed by atoms with Crippen LogP contribution >= 0.6 is 23.2 Å². The van der Waals surface area contributed by atoms with E-state index in [-0.39, 0.29) is 12.6 Å². The molecule has 2 amide bonds. The molecule has 9 heteroatoms. The Bertz CT molecular complexity index is 1100. The predicted molar refractivity (Wildman–Crippen MR) is 137 cm³/mol. The highest BCUT2D eigenvalue weighted by Crippen LogP contribution is 2.36. The molecule has 0 aliphatic carbocycles. The van der Waals surface area contributed by atoms with E-state index >= 15 is 0 Å². The molecule has 7 nitrogen and oxygen atoms in total. The molecule has 0 saturated carbocycles. The monoisotopic (exact) mass is 516 g/mol. The molecule has 0 spiro atoms. The van der Waals surface area contributed by atoms with E-state index in [1.165, 1.54) is 10.5 Å². The number of amides is 2. The maximum Gasteiger partial charge on any atom is 0.338 e. The summed E-state index contributed by atoms with van der Waals surface area (Å²) in [6.07, 6.45) is 0. The van der Waals surface area contributed by atoms with E-state index in [0.717, 1.165) is 32.7 Å². The lowest BCUT2D eigenvalue weighted by Crippen LogP contribution is -2.52. The first-order chi connectivity index (χ1) is 16.9. The van der Waals surface area contributed by atoms with Gasteiger partial charge in [-0.2, -0.15) is 0 Å². The second kappa shape index (κ2) is 11.4. The molecular formula is C26H30Cl2N4O3. The van der Waals surface area contributed by atoms with E-state index in [9.17, 15) is 9.59 Å². The van der Waals surface area contributed by atoms with Gasteiger partial charge in [-0.1, -0.05) is 59.6 Å². The number of nitrogens with one attached hydrogen (secondary N) is 1. The van der Waals surface area contributed by atoms with Crippen LogP contribution in [0.15, 0.2) is 59.8 Å². The number of halogens is 2. The molecule has 4 rings (SSSR count). The fourth-order valence-electron chi connectivity index (χ4n) is 4.53. The Labute approximate surface area is 216 Å². The highest BCUT2D eigenvalue weighted by Gasteiger charge is 2.38. The Hall–Kier alpha value is -2.58. The second-order valence-electron chi connectivity index (χ2n) is 8.73. The van der Waals surface area contributed by atoms with Gasteiger partial charge >= 0.3 is 12.0 Å². The van der Waals surface area contributed by atoms with Crippen LogP contribution in [0.25, 0.3) is 0 Å². The number of piperazine rings is 1. The predicted octanol–water partition coefficient (Wildman–Crippen LogP) is 4.32. The van der Waals surface area contributed by atoms with Crippen LogP contribution in [0.3, 0.4) is 0 Å². The number of carbonyl (C=O) groups excluding carboxylic acids is 2. The van der Waals surface area contributed by atoms with Crippen molar-refractivity contribution < 1.29 is 14.3 Å². The number of ether oxygens (including phenoxy) is 1. The van der Waals surface area contributed by atoms with Crippen LogP contribution in [0.4, 0.5) is 4.79 Å². The summed E-state index contributed by atoms with van der Waals surface area (Å²) in [4.78, 5) is 32.3. The number of urea groups is 1. The fourth-order valence-corrected chi connectivity index (χ4v) is 5.04. The molecule has 0 aromatic heterocycles. The molecule has 2 aromatic carbocycles. The van der Waals surface area contributed by atoms with Crippen molar-refractivity contribution >= 4 is 35.2 Å². The quantitative estimate of drug-likeness (QED) is 0.555. The average molecular weight is 517 g/mol. The van der Waals surface area contributed by atoms with Crippen LogP contribution in [0, 0.1) is 0 Å². The van der Waals surface area contributed by atoms with E-state index in [1.54, 1.807) is 32.2 Å². The topological polar surface area (TPSA) is 65.1 Å². The van der Waals surface area contributed by atoms with Crippen LogP contribution in [-0.2, 0) is 16.1 Å². The fraction of sp³-hybridized carbons (Fsp3) is 0.385. The molecular weight excluding hydrogens is 487 g/mol. The van der Waals surface area contributed by atoms with Gasteiger partial charge in [0, 0.05) is 62.1 Å². The molecule has 1 atom stereocenters. The zero-order chi connectivity index (χ0) is 24.9. The number of esters is 1. The summed E-state index contributed by atoms with van der Waals surface area (Å²) in [5.74, 6) is -0.465. The molecule has 35 heavy (non-hydrogen) atoms. The lowest BCUT2D eigenvalue weighted by atomic mass is 9.94. The molecule has 186 valence electrons. The molecule has 0 bridgehead atoms. The highest BCUT2D eigenvalue weighted by atomic mass is 35.5. The number of carbonyl (C=O) groups is 2. The summed E-state index contributed by atoms with van der Waals surface area (Å²) >= 11 is 12.6. The number of benzene rings is 2. The molecule has 1 N–H and O–H groups in total. The van der Waals surface area contributed by atoms with Gasteiger partial charge in [0.2, 0.25) is 0 Å². The SMILES string of the molecule is CCOC(=O)C1=C(CN2CCN(Cc3ccccc3)CC2)N(C)C(=O)N[C@H]1c1ccc(Cl)cc1Cl. The first-order valence-corrected chi connectivity index (χ1v) is 12.5. The summed E-state index contributed by atoms with van der Waals surface area (Å²) in [7, 11) is 1.68. The lowest BCUT2D eigenvalue weighted by Gasteiger charge is -2.39. The van der Waals surface area contributed by atoms with Crippen LogP contribution in [0.1, 0.15) is 24.1 Å². The van der Waals surface area contributed by atoms with E-state index < -0.39 is 12.0 Å². The van der Waals surface area contributed by atoms with Crippen molar-refractivity contribution in [2.75, 3.05) is 46.4 Å². The number of nitrogens with zero attached hydrogens (tertiary/aromatic N) is 3. The van der Waals surface area contributed by atoms with Crippen LogP contribution in [0.5, 0.6) is 0 Å². The van der Waals surface area contributed by atoms with Gasteiger partial charge in [-0.3, -0.25) is 14.7 Å². The minimum absolute atomic E-state index is 0.229. The van der Waals surface area contributed by atoms with Crippen molar-refractivity contribution in [2.45, 2.75) is 19.5 Å². The van der Waals surface area contributed by atoms with Crippen LogP contribution in [-0.4, -0.2) is 73.1 Å². The molecule has 1 saturated heterocycles. The third-order valence-electron chi connectivity index (χ3n) is 6.43. The third kappa shape index (κ3) is 5.98. The summed E-state index contributed by atoms with van der Waals surface area (Å²) < 4.78 is 5.41. The smallest absolute Gasteiger partial charge is 0.338 e. The van der Waals surface area contributed by atoms with E-state index in [4.69, 9.17) is 27.9 Å². The van der Waals surface area contributed by atoms with Crippen molar-refractivity contribution in [1.82, 2.24) is 20.0 Å². The number of hydrogen-bond donors (Lipinski definition) is 1. The minimum atomic E-state index is -0.725. The molecule has 2 heterocycles. The summed E-state index contributed by atoms with van der Waals surface area (Å²) in [6.45, 7) is 6.82. The zero-order valence-corrected chi connectivity index (χ0v) is 21.5. The van der Waals surface area contributed by atoms with Crippen LogP contribution in [0.2, 0.25) is 10.0 Å². The van der Waals surface area contributed by atoms with Gasteiger partial charge in [-0.05, 0) is 30.2 Å². The maximum atomic E-state index is 13.2. The minimum Gasteiger partial charge on any atom is -0.463 e. The molecule has 2 aliphatic rings. The largest absolute Gasteiger partial charge is 0.463 e. The van der Waals surface area contributed by atoms with Crippen molar-refractivity contribution in [3.05, 3.63) is 81.0 Å². The molecule has 0 unspecified atom stereocenters. The van der Waals surface area contributed by atoms with Gasteiger partial charge in [0.15, 0.2) is 0 Å². The summed E-state index contributed by atoms with van der Waals surface area (Å²) in [5.41, 5.74) is 2.91. The van der Waals surface area contributed by atoms with Gasteiger partial charge in [0.25, 0.3) is 0 Å². The van der Waals surface area contributed by atoms with Crippen molar-refractivity contribution in [3.8, 4) is 0 Å². The zero-order valence-electron chi connectivity index (χ0n) is 20.0. The van der Waals surface area contributed by atoms with Crippen molar-refractivity contribution in [1.29, 1.82) is 0 Å². The normalized spacial score (nSPS) is 19.6. The molecule has 1 fully saturated rings. The Morgan fingerprint density at radius 1 is 1.03 bits per heavy atom. The third-order valence-corrected chi connectivity index (χ3v) is 7.00. The highest BCUT2D eigenvalue weighted by molar-refractivity contribution is 6.35. The maximum absolute atomic E-state index is 13.2. The van der Waals surface area contributed by atoms with Gasteiger partial charge in [0.05, 0.1) is 18.2 Å². The number of hydrogen-bond acceptors (Lipinski definition) is 5. The Morgan fingerprint density at radius 2 is 1.69 bits per heavy atom. The van der Waals surface area contributed by atoms with Crippen LogP contribution < -0.4 is 5.32 Å². The summed E-state index contributed by atoms with van der Waals surface area (Å²) in [5, 5.41) is 3.77. The lowest BCUT2D eigenvalue weighted by molar-refractivity contribution is -0.139. The van der Waals surface area contributed by atoms with Gasteiger partial charge in [-0.25, -0.2) is 9.59 Å². The second-order valence-corrected chi connectivity index (χ2v) is 9.57. The standard InChI is InChI=1S/C26H30Cl2N4O3/c1-3-35-25(33)23-22(17-32-13-11-31(12-14-32)16-18-7-5-4-6-8-18)30(2)26(34)29-24(23)20-10-9-19(27)15-21(20)28/h4-10,15,24H,3,11-14,16-17H2,1-2H3,(H,29,34)/t24-/m0/s1. The first-order valence-electron chi connectivity index (χ1n) is 11.7. The van der Waals surface area contributed by atoms with Gasteiger partial charge < -0.3 is 10.1 Å². The molecule has 2 aliphatic heterocycles. The molecule has 2 aromatic rings. The number of likely N-dealkylation sites (N-methyl/N-ethyl adjacent to an activating group) is 1. The van der Waals surface area contributed by atoms with E-state index in [1.807, 2.05) is 6.07 Å². The van der Waals surface area contributed by atoms with Crippen molar-refractivity contribution in [2.24, 2.45) is 0 Å². The van der Waals surface area contributed by atoms with E-state index in [2.05, 4.69) is 39.4 Å². The Balaban J connectivity index is 1.58.